The van der Waals surface area contributed by atoms with Crippen molar-refractivity contribution in [2.45, 2.75) is 44.2 Å². The number of carbonyl (C=O) groups is 2. The van der Waals surface area contributed by atoms with Gasteiger partial charge < -0.3 is 10.6 Å². The summed E-state index contributed by atoms with van der Waals surface area (Å²) >= 11 is 0. The Morgan fingerprint density at radius 1 is 1.39 bits per heavy atom. The van der Waals surface area contributed by atoms with Gasteiger partial charge in [-0.2, -0.15) is 5.10 Å². The fourth-order valence-corrected chi connectivity index (χ4v) is 3.51. The third kappa shape index (κ3) is 3.90. The lowest BCUT2D eigenvalue weighted by molar-refractivity contribution is -0.129. The van der Waals surface area contributed by atoms with Crippen LogP contribution in [0, 0.1) is 0 Å². The van der Waals surface area contributed by atoms with Crippen molar-refractivity contribution in [2.24, 2.45) is 7.05 Å². The van der Waals surface area contributed by atoms with Gasteiger partial charge in [-0.15, -0.1) is 0 Å². The number of carbonyl (C=O) groups excluding carboxylic acids is 2. The van der Waals surface area contributed by atoms with Gasteiger partial charge in [-0.3, -0.25) is 19.2 Å². The van der Waals surface area contributed by atoms with Crippen molar-refractivity contribution in [1.29, 1.82) is 0 Å². The Kier molecular flexibility index (Phi) is 4.95. The molecule has 2 aliphatic heterocycles. The number of hydrogen-bond acceptors (Lipinski definition) is 4. The summed E-state index contributed by atoms with van der Waals surface area (Å²) in [5.74, 6) is -0.121. The van der Waals surface area contributed by atoms with Crippen molar-refractivity contribution < 1.29 is 9.59 Å². The smallest absolute Gasteiger partial charge is 0.242 e. The molecule has 0 unspecified atom stereocenters. The zero-order chi connectivity index (χ0) is 16.2. The molecule has 3 heterocycles. The minimum absolute atomic E-state index is 0.0546. The van der Waals surface area contributed by atoms with Crippen LogP contribution in [-0.4, -0.2) is 52.2 Å². The molecule has 3 rings (SSSR count). The van der Waals surface area contributed by atoms with Crippen LogP contribution < -0.4 is 10.6 Å². The lowest BCUT2D eigenvalue weighted by Gasteiger charge is -2.24. The van der Waals surface area contributed by atoms with Crippen LogP contribution in [0.2, 0.25) is 0 Å². The Labute approximate surface area is 136 Å². The number of aromatic nitrogens is 2. The highest BCUT2D eigenvalue weighted by molar-refractivity contribution is 5.88. The molecule has 7 nitrogen and oxygen atoms in total. The third-order valence-corrected chi connectivity index (χ3v) is 4.69. The zero-order valence-corrected chi connectivity index (χ0v) is 13.6. The van der Waals surface area contributed by atoms with E-state index >= 15 is 0 Å². The van der Waals surface area contributed by atoms with E-state index in [0.29, 0.717) is 13.1 Å². The molecule has 2 atom stereocenters. The average molecular weight is 319 g/mol. The summed E-state index contributed by atoms with van der Waals surface area (Å²) in [4.78, 5) is 26.5. The second-order valence-electron chi connectivity index (χ2n) is 6.48. The summed E-state index contributed by atoms with van der Waals surface area (Å²) in [6.45, 7) is 1.95. The molecule has 0 aromatic carbocycles. The number of rotatable bonds is 4. The number of amides is 2. The van der Waals surface area contributed by atoms with Crippen LogP contribution in [0.5, 0.6) is 0 Å². The molecule has 1 aromatic heterocycles. The third-order valence-electron chi connectivity index (χ3n) is 4.69. The number of aryl methyl sites for hydroxylation is 1. The fourth-order valence-electron chi connectivity index (χ4n) is 3.51. The van der Waals surface area contributed by atoms with Crippen LogP contribution in [0.4, 0.5) is 0 Å². The van der Waals surface area contributed by atoms with E-state index in [4.69, 9.17) is 0 Å². The Bertz CT molecular complexity index is 571. The van der Waals surface area contributed by atoms with Crippen molar-refractivity contribution in [1.82, 2.24) is 25.3 Å². The first-order valence-electron chi connectivity index (χ1n) is 8.43. The van der Waals surface area contributed by atoms with Crippen LogP contribution in [0.3, 0.4) is 0 Å². The summed E-state index contributed by atoms with van der Waals surface area (Å²) in [7, 11) is 1.90. The molecule has 0 bridgehead atoms. The van der Waals surface area contributed by atoms with Crippen LogP contribution >= 0.6 is 0 Å². The first-order valence-corrected chi connectivity index (χ1v) is 8.43. The van der Waals surface area contributed by atoms with Gasteiger partial charge in [0.1, 0.15) is 6.04 Å². The van der Waals surface area contributed by atoms with E-state index in [9.17, 15) is 9.59 Å². The van der Waals surface area contributed by atoms with Crippen molar-refractivity contribution in [2.75, 3.05) is 19.6 Å². The van der Waals surface area contributed by atoms with Gasteiger partial charge >= 0.3 is 0 Å². The normalized spacial score (nSPS) is 25.9. The number of hydrogen-bond donors (Lipinski definition) is 2. The number of nitrogens with one attached hydrogen (secondary N) is 2. The molecule has 0 spiro atoms. The second kappa shape index (κ2) is 7.12. The Hall–Kier alpha value is -1.89. The van der Waals surface area contributed by atoms with Gasteiger partial charge in [0, 0.05) is 31.4 Å². The molecule has 2 amide bonds. The lowest BCUT2D eigenvalue weighted by atomic mass is 10.1. The monoisotopic (exact) mass is 319 g/mol. The maximum Gasteiger partial charge on any atom is 0.242 e. The van der Waals surface area contributed by atoms with Crippen molar-refractivity contribution in [3.63, 3.8) is 0 Å². The summed E-state index contributed by atoms with van der Waals surface area (Å²) in [5, 5.41) is 9.98. The molecule has 126 valence electrons. The van der Waals surface area contributed by atoms with Crippen molar-refractivity contribution >= 4 is 11.8 Å². The predicted octanol–water partition coefficient (Wildman–Crippen LogP) is 0.342. The summed E-state index contributed by atoms with van der Waals surface area (Å²) in [5.41, 5.74) is 1.16. The van der Waals surface area contributed by atoms with Crippen LogP contribution in [-0.2, 0) is 16.6 Å². The molecular weight excluding hydrogens is 294 g/mol. The highest BCUT2D eigenvalue weighted by atomic mass is 16.2. The standard InChI is InChI=1S/C16H25N5O2/c1-20-10-12(9-18-20)14-6-4-8-21(14)11-15(22)19-13-5-2-3-7-17-16(13)23/h9-10,13-14H,2-8,11H2,1H3,(H,17,23)(H,19,22)/t13-,14-/m1/s1. The zero-order valence-electron chi connectivity index (χ0n) is 13.6. The van der Waals surface area contributed by atoms with Gasteiger partial charge in [-0.05, 0) is 38.6 Å². The van der Waals surface area contributed by atoms with E-state index in [-0.39, 0.29) is 23.9 Å². The van der Waals surface area contributed by atoms with Gasteiger partial charge in [0.25, 0.3) is 0 Å². The fraction of sp³-hybridized carbons (Fsp3) is 0.688. The van der Waals surface area contributed by atoms with E-state index in [1.165, 1.54) is 0 Å². The molecule has 2 fully saturated rings. The first-order chi connectivity index (χ1) is 11.1. The molecule has 7 heteroatoms. The van der Waals surface area contributed by atoms with E-state index in [2.05, 4.69) is 20.6 Å². The maximum atomic E-state index is 12.4. The molecule has 2 N–H and O–H groups in total. The van der Waals surface area contributed by atoms with E-state index < -0.39 is 0 Å². The van der Waals surface area contributed by atoms with Gasteiger partial charge in [-0.25, -0.2) is 0 Å². The van der Waals surface area contributed by atoms with Crippen LogP contribution in [0.25, 0.3) is 0 Å². The van der Waals surface area contributed by atoms with E-state index in [1.807, 2.05) is 19.4 Å². The Morgan fingerprint density at radius 3 is 3.04 bits per heavy atom. The number of likely N-dealkylation sites (tertiary alicyclic amines) is 1. The molecule has 1 aromatic rings. The lowest BCUT2D eigenvalue weighted by Crippen LogP contribution is -2.48. The van der Waals surface area contributed by atoms with E-state index in [1.54, 1.807) is 4.68 Å². The Balaban J connectivity index is 1.57. The van der Waals surface area contributed by atoms with Crippen LogP contribution in [0.1, 0.15) is 43.7 Å². The molecule has 23 heavy (non-hydrogen) atoms. The highest BCUT2D eigenvalue weighted by Crippen LogP contribution is 2.31. The molecule has 0 aliphatic carbocycles. The summed E-state index contributed by atoms with van der Waals surface area (Å²) in [6.07, 6.45) is 8.68. The topological polar surface area (TPSA) is 79.3 Å². The Morgan fingerprint density at radius 2 is 2.26 bits per heavy atom. The molecule has 2 aliphatic rings. The van der Waals surface area contributed by atoms with Crippen molar-refractivity contribution in [3.05, 3.63) is 18.0 Å². The van der Waals surface area contributed by atoms with Gasteiger partial charge in [0.2, 0.25) is 11.8 Å². The molecule has 0 saturated carbocycles. The van der Waals surface area contributed by atoms with Crippen molar-refractivity contribution in [3.8, 4) is 0 Å². The summed E-state index contributed by atoms with van der Waals surface area (Å²) < 4.78 is 1.79. The minimum atomic E-state index is -0.385. The molecule has 0 radical (unpaired) electrons. The number of nitrogens with zero attached hydrogens (tertiary/aromatic N) is 3. The SMILES string of the molecule is Cn1cc([C@H]2CCCN2CC(=O)N[C@@H]2CCCCNC2=O)cn1. The second-order valence-corrected chi connectivity index (χ2v) is 6.48. The minimum Gasteiger partial charge on any atom is -0.354 e. The van der Waals surface area contributed by atoms with Gasteiger partial charge in [0.15, 0.2) is 0 Å². The van der Waals surface area contributed by atoms with Gasteiger partial charge in [-0.1, -0.05) is 0 Å². The average Bonchev–Trinajstić information content (AvgIpc) is 3.09. The molecular formula is C16H25N5O2. The maximum absolute atomic E-state index is 12.4. The molecule has 2 saturated heterocycles. The summed E-state index contributed by atoms with van der Waals surface area (Å²) in [6, 6.07) is -0.137. The quantitative estimate of drug-likeness (QED) is 0.839. The van der Waals surface area contributed by atoms with Gasteiger partial charge in [0.05, 0.1) is 12.7 Å². The highest BCUT2D eigenvalue weighted by Gasteiger charge is 2.30. The predicted molar refractivity (Wildman–Crippen MR) is 85.5 cm³/mol. The first kappa shape index (κ1) is 16.0. The van der Waals surface area contributed by atoms with E-state index in [0.717, 1.165) is 44.2 Å². The largest absolute Gasteiger partial charge is 0.354 e. The van der Waals surface area contributed by atoms with Crippen LogP contribution in [0.15, 0.2) is 12.4 Å².